The molecule has 0 fully saturated rings. The van der Waals surface area contributed by atoms with Crippen molar-refractivity contribution in [2.24, 2.45) is 0 Å². The van der Waals surface area contributed by atoms with Crippen LogP contribution >= 0.6 is 0 Å². The first kappa shape index (κ1) is 17.0. The summed E-state index contributed by atoms with van der Waals surface area (Å²) in [5, 5.41) is 22.8. The molecule has 0 aliphatic carbocycles. The van der Waals surface area contributed by atoms with Crippen molar-refractivity contribution in [3.8, 4) is 11.5 Å². The summed E-state index contributed by atoms with van der Waals surface area (Å²) in [4.78, 5) is 22.0. The van der Waals surface area contributed by atoms with Crippen LogP contribution in [0.1, 0.15) is 12.5 Å². The molecule has 2 N–H and O–H groups in total. The van der Waals surface area contributed by atoms with Crippen LogP contribution in [-0.4, -0.2) is 22.5 Å². The molecule has 0 aromatic heterocycles. The molecule has 0 heterocycles. The van der Waals surface area contributed by atoms with Crippen LogP contribution in [0.2, 0.25) is 0 Å². The van der Waals surface area contributed by atoms with Gasteiger partial charge in [0.2, 0.25) is 5.91 Å². The molecule has 0 aliphatic rings. The van der Waals surface area contributed by atoms with Crippen molar-refractivity contribution in [1.82, 2.24) is 0 Å². The number of non-ortho nitro benzene ring substituents is 1. The molecule has 0 unspecified atom stereocenters. The van der Waals surface area contributed by atoms with Crippen molar-refractivity contribution < 1.29 is 19.6 Å². The Balaban J connectivity index is 2.05. The number of hydrogen-bond donors (Lipinski definition) is 2. The average molecular weight is 328 g/mol. The first-order chi connectivity index (χ1) is 11.5. The van der Waals surface area contributed by atoms with E-state index in [2.05, 4.69) is 5.32 Å². The zero-order chi connectivity index (χ0) is 17.5. The topological polar surface area (TPSA) is 102 Å². The van der Waals surface area contributed by atoms with Crippen LogP contribution in [0.5, 0.6) is 11.5 Å². The van der Waals surface area contributed by atoms with E-state index in [1.807, 2.05) is 6.92 Å². The molecular weight excluding hydrogens is 312 g/mol. The van der Waals surface area contributed by atoms with Crippen LogP contribution in [0.3, 0.4) is 0 Å². The Morgan fingerprint density at radius 3 is 2.62 bits per heavy atom. The number of nitro benzene ring substituents is 1. The van der Waals surface area contributed by atoms with Gasteiger partial charge in [-0.3, -0.25) is 14.9 Å². The Labute approximate surface area is 138 Å². The zero-order valence-electron chi connectivity index (χ0n) is 12.9. The minimum atomic E-state index is -0.606. The van der Waals surface area contributed by atoms with Crippen LogP contribution in [0.15, 0.2) is 48.5 Å². The second-order valence-electron chi connectivity index (χ2n) is 4.78. The number of nitro groups is 1. The Morgan fingerprint density at radius 1 is 1.29 bits per heavy atom. The second-order valence-corrected chi connectivity index (χ2v) is 4.78. The number of phenolic OH excluding ortho intramolecular Hbond substituents is 1. The van der Waals surface area contributed by atoms with Gasteiger partial charge >= 0.3 is 0 Å². The maximum absolute atomic E-state index is 11.9. The van der Waals surface area contributed by atoms with Gasteiger partial charge in [-0.2, -0.15) is 0 Å². The van der Waals surface area contributed by atoms with Gasteiger partial charge in [0.05, 0.1) is 17.2 Å². The molecule has 2 aromatic rings. The molecule has 7 nitrogen and oxygen atoms in total. The first-order valence-corrected chi connectivity index (χ1v) is 7.19. The molecule has 124 valence electrons. The quantitative estimate of drug-likeness (QED) is 0.366. The van der Waals surface area contributed by atoms with Crippen LogP contribution in [-0.2, 0) is 4.79 Å². The van der Waals surface area contributed by atoms with Gasteiger partial charge in [0.1, 0.15) is 11.5 Å². The monoisotopic (exact) mass is 328 g/mol. The third-order valence-corrected chi connectivity index (χ3v) is 3.07. The van der Waals surface area contributed by atoms with E-state index < -0.39 is 10.8 Å². The van der Waals surface area contributed by atoms with Gasteiger partial charge in [-0.1, -0.05) is 12.1 Å². The smallest absolute Gasteiger partial charge is 0.271 e. The number of ether oxygens (including phenoxy) is 1. The minimum Gasteiger partial charge on any atom is -0.506 e. The van der Waals surface area contributed by atoms with Gasteiger partial charge in [0, 0.05) is 18.2 Å². The van der Waals surface area contributed by atoms with Crippen LogP contribution in [0, 0.1) is 10.1 Å². The summed E-state index contributed by atoms with van der Waals surface area (Å²) >= 11 is 0. The third-order valence-electron chi connectivity index (χ3n) is 3.07. The predicted octanol–water partition coefficient (Wildman–Crippen LogP) is 3.35. The SMILES string of the molecule is CCOc1ccc(/C=C/C(=O)Nc2cc([N+](=O)[O-])ccc2O)cc1. The summed E-state index contributed by atoms with van der Waals surface area (Å²) in [7, 11) is 0. The highest BCUT2D eigenvalue weighted by atomic mass is 16.6. The van der Waals surface area contributed by atoms with E-state index >= 15 is 0 Å². The van der Waals surface area contributed by atoms with E-state index in [4.69, 9.17) is 4.74 Å². The number of hydrogen-bond acceptors (Lipinski definition) is 5. The Kier molecular flexibility index (Phi) is 5.51. The summed E-state index contributed by atoms with van der Waals surface area (Å²) in [5.74, 6) is -0.0243. The average Bonchev–Trinajstić information content (AvgIpc) is 2.56. The summed E-state index contributed by atoms with van der Waals surface area (Å²) in [6.07, 6.45) is 2.85. The maximum Gasteiger partial charge on any atom is 0.271 e. The fraction of sp³-hybridized carbons (Fsp3) is 0.118. The summed E-state index contributed by atoms with van der Waals surface area (Å²) < 4.78 is 5.32. The molecule has 0 atom stereocenters. The van der Waals surface area contributed by atoms with E-state index in [1.165, 1.54) is 6.08 Å². The summed E-state index contributed by atoms with van der Waals surface area (Å²) in [6, 6.07) is 10.6. The number of carbonyl (C=O) groups is 1. The summed E-state index contributed by atoms with van der Waals surface area (Å²) in [6.45, 7) is 2.46. The molecule has 0 spiro atoms. The van der Waals surface area contributed by atoms with Crippen LogP contribution < -0.4 is 10.1 Å². The Bertz CT molecular complexity index is 769. The van der Waals surface area contributed by atoms with E-state index in [0.717, 1.165) is 29.5 Å². The normalized spacial score (nSPS) is 10.5. The number of nitrogens with one attached hydrogen (secondary N) is 1. The van der Waals surface area contributed by atoms with E-state index in [0.29, 0.717) is 6.61 Å². The fourth-order valence-electron chi connectivity index (χ4n) is 1.93. The van der Waals surface area contributed by atoms with E-state index in [-0.39, 0.29) is 17.1 Å². The van der Waals surface area contributed by atoms with Gasteiger partial charge in [-0.05, 0) is 36.8 Å². The molecule has 0 radical (unpaired) electrons. The molecule has 1 amide bonds. The lowest BCUT2D eigenvalue weighted by atomic mass is 10.2. The number of phenols is 1. The molecule has 0 aliphatic heterocycles. The van der Waals surface area contributed by atoms with Gasteiger partial charge in [-0.15, -0.1) is 0 Å². The van der Waals surface area contributed by atoms with E-state index in [9.17, 15) is 20.0 Å². The molecule has 0 saturated heterocycles. The van der Waals surface area contributed by atoms with Crippen molar-refractivity contribution in [3.05, 3.63) is 64.2 Å². The van der Waals surface area contributed by atoms with Gasteiger partial charge < -0.3 is 15.2 Å². The summed E-state index contributed by atoms with van der Waals surface area (Å²) in [5.41, 5.74) is 0.543. The Morgan fingerprint density at radius 2 is 2.00 bits per heavy atom. The van der Waals surface area contributed by atoms with Crippen molar-refractivity contribution >= 4 is 23.4 Å². The van der Waals surface area contributed by atoms with Crippen molar-refractivity contribution in [2.45, 2.75) is 6.92 Å². The number of anilines is 1. The van der Waals surface area contributed by atoms with Gasteiger partial charge in [0.15, 0.2) is 0 Å². The molecule has 7 heteroatoms. The van der Waals surface area contributed by atoms with Crippen molar-refractivity contribution in [3.63, 3.8) is 0 Å². The van der Waals surface area contributed by atoms with Crippen molar-refractivity contribution in [1.29, 1.82) is 0 Å². The molecule has 2 rings (SSSR count). The van der Waals surface area contributed by atoms with Crippen molar-refractivity contribution in [2.75, 3.05) is 11.9 Å². The lowest BCUT2D eigenvalue weighted by Crippen LogP contribution is -2.08. The van der Waals surface area contributed by atoms with E-state index in [1.54, 1.807) is 30.3 Å². The number of benzene rings is 2. The number of rotatable bonds is 6. The molecular formula is C17H16N2O5. The number of amides is 1. The lowest BCUT2D eigenvalue weighted by molar-refractivity contribution is -0.384. The predicted molar refractivity (Wildman–Crippen MR) is 90.0 cm³/mol. The number of carbonyl (C=O) groups excluding carboxylic acids is 1. The molecule has 24 heavy (non-hydrogen) atoms. The van der Waals surface area contributed by atoms with Crippen LogP contribution in [0.25, 0.3) is 6.08 Å². The molecule has 0 saturated carbocycles. The standard InChI is InChI=1S/C17H16N2O5/c1-2-24-14-7-3-12(4-8-14)5-10-17(21)18-15-11-13(19(22)23)6-9-16(15)20/h3-11,20H,2H2,1H3,(H,18,21)/b10-5+. The fourth-order valence-corrected chi connectivity index (χ4v) is 1.93. The lowest BCUT2D eigenvalue weighted by Gasteiger charge is -2.05. The first-order valence-electron chi connectivity index (χ1n) is 7.19. The van der Waals surface area contributed by atoms with Gasteiger partial charge in [0.25, 0.3) is 5.69 Å². The highest BCUT2D eigenvalue weighted by molar-refractivity contribution is 6.02. The molecule has 0 bridgehead atoms. The highest BCUT2D eigenvalue weighted by Crippen LogP contribution is 2.27. The highest BCUT2D eigenvalue weighted by Gasteiger charge is 2.11. The Hall–Kier alpha value is -3.35. The number of aromatic hydroxyl groups is 1. The van der Waals surface area contributed by atoms with Crippen LogP contribution in [0.4, 0.5) is 11.4 Å². The zero-order valence-corrected chi connectivity index (χ0v) is 12.9. The largest absolute Gasteiger partial charge is 0.506 e. The maximum atomic E-state index is 11.9. The van der Waals surface area contributed by atoms with Gasteiger partial charge in [-0.25, -0.2) is 0 Å². The second kappa shape index (κ2) is 7.77. The molecule has 2 aromatic carbocycles. The third kappa shape index (κ3) is 4.57. The minimum absolute atomic E-state index is 0.0226. The number of nitrogens with zero attached hydrogens (tertiary/aromatic N) is 1.